The summed E-state index contributed by atoms with van der Waals surface area (Å²) >= 11 is 0. The minimum Gasteiger partial charge on any atom is -0.393 e. The molecule has 156 valence electrons. The Morgan fingerprint density at radius 1 is 0.862 bits per heavy atom. The number of benzene rings is 1. The fourth-order valence-corrected chi connectivity index (χ4v) is 8.28. The molecule has 0 aliphatic heterocycles. The highest BCUT2D eigenvalue weighted by atomic mass is 16.3. The highest BCUT2D eigenvalue weighted by Crippen LogP contribution is 2.67. The first-order valence-electron chi connectivity index (χ1n) is 12.2. The van der Waals surface area contributed by atoms with Crippen LogP contribution in [0.3, 0.4) is 0 Å². The second-order valence-electron chi connectivity index (χ2n) is 11.4. The molecule has 1 aromatic carbocycles. The van der Waals surface area contributed by atoms with Crippen LogP contribution < -0.4 is 0 Å². The van der Waals surface area contributed by atoms with Gasteiger partial charge in [0.05, 0.1) is 6.10 Å². The number of fused-ring (bicyclic) bond motifs is 5. The Morgan fingerprint density at radius 3 is 2.38 bits per heavy atom. The summed E-state index contributed by atoms with van der Waals surface area (Å²) in [5.74, 6) is 11.2. The van der Waals surface area contributed by atoms with Gasteiger partial charge in [0.15, 0.2) is 0 Å². The van der Waals surface area contributed by atoms with Crippen LogP contribution in [-0.2, 0) is 0 Å². The summed E-state index contributed by atoms with van der Waals surface area (Å²) in [5, 5.41) is 10.2. The lowest BCUT2D eigenvalue weighted by Crippen LogP contribution is -2.53. The molecule has 4 saturated carbocycles. The molecule has 8 atom stereocenters. The standard InChI is InChI=1S/C28H38O/c1-19-4-6-20(7-5-19)8-9-21-11-13-25-24-12-10-22-18-23(29)14-16-28(22,3)26(24)15-17-27(21,25)2/h4-7,21-26,29H,10-18H2,1-3H3/t21?,22?,23?,24-,25-,26+,27+,28-/m0/s1. The minimum absolute atomic E-state index is 0.0357. The number of hydrogen-bond acceptors (Lipinski definition) is 1. The molecule has 0 bridgehead atoms. The van der Waals surface area contributed by atoms with E-state index >= 15 is 0 Å². The molecule has 4 aliphatic carbocycles. The van der Waals surface area contributed by atoms with Crippen LogP contribution >= 0.6 is 0 Å². The molecule has 5 rings (SSSR count). The number of rotatable bonds is 0. The Balaban J connectivity index is 1.37. The van der Waals surface area contributed by atoms with Crippen LogP contribution in [0.4, 0.5) is 0 Å². The molecule has 29 heavy (non-hydrogen) atoms. The van der Waals surface area contributed by atoms with Crippen molar-refractivity contribution in [2.75, 3.05) is 0 Å². The van der Waals surface area contributed by atoms with Crippen molar-refractivity contribution in [2.24, 2.45) is 40.4 Å². The van der Waals surface area contributed by atoms with Crippen molar-refractivity contribution in [1.29, 1.82) is 0 Å². The summed E-state index contributed by atoms with van der Waals surface area (Å²) in [6, 6.07) is 8.70. The number of hydrogen-bond donors (Lipinski definition) is 1. The largest absolute Gasteiger partial charge is 0.393 e. The first-order chi connectivity index (χ1) is 13.9. The maximum absolute atomic E-state index is 10.2. The smallest absolute Gasteiger partial charge is 0.0543 e. The molecule has 0 amide bonds. The van der Waals surface area contributed by atoms with Crippen molar-refractivity contribution < 1.29 is 5.11 Å². The predicted molar refractivity (Wildman–Crippen MR) is 119 cm³/mol. The van der Waals surface area contributed by atoms with E-state index in [1.165, 1.54) is 56.1 Å². The van der Waals surface area contributed by atoms with Gasteiger partial charge in [-0.3, -0.25) is 0 Å². The quantitative estimate of drug-likeness (QED) is 0.511. The zero-order valence-electron chi connectivity index (χ0n) is 18.6. The van der Waals surface area contributed by atoms with Gasteiger partial charge in [-0.25, -0.2) is 0 Å². The molecule has 4 fully saturated rings. The highest BCUT2D eigenvalue weighted by molar-refractivity contribution is 5.37. The van der Waals surface area contributed by atoms with Crippen molar-refractivity contribution in [3.63, 3.8) is 0 Å². The second kappa shape index (κ2) is 7.16. The summed E-state index contributed by atoms with van der Waals surface area (Å²) in [4.78, 5) is 0. The maximum atomic E-state index is 10.2. The lowest BCUT2D eigenvalue weighted by atomic mass is 9.44. The van der Waals surface area contributed by atoms with Crippen LogP contribution in [0, 0.1) is 59.2 Å². The second-order valence-corrected chi connectivity index (χ2v) is 11.4. The van der Waals surface area contributed by atoms with E-state index in [1.807, 2.05) is 0 Å². The maximum Gasteiger partial charge on any atom is 0.0543 e. The molecule has 1 aromatic rings. The van der Waals surface area contributed by atoms with Crippen LogP contribution in [0.1, 0.15) is 82.8 Å². The van der Waals surface area contributed by atoms with E-state index in [4.69, 9.17) is 0 Å². The van der Waals surface area contributed by atoms with E-state index in [-0.39, 0.29) is 6.10 Å². The van der Waals surface area contributed by atoms with Crippen molar-refractivity contribution in [3.05, 3.63) is 35.4 Å². The third-order valence-corrected chi connectivity index (χ3v) is 10.1. The molecule has 1 heteroatoms. The van der Waals surface area contributed by atoms with Crippen molar-refractivity contribution in [3.8, 4) is 11.8 Å². The third-order valence-electron chi connectivity index (χ3n) is 10.1. The topological polar surface area (TPSA) is 20.2 Å². The molecule has 0 heterocycles. The first kappa shape index (κ1) is 19.7. The monoisotopic (exact) mass is 390 g/mol. The van der Waals surface area contributed by atoms with Gasteiger partial charge in [0.1, 0.15) is 0 Å². The van der Waals surface area contributed by atoms with Gasteiger partial charge in [0.2, 0.25) is 0 Å². The van der Waals surface area contributed by atoms with Crippen LogP contribution in [0.15, 0.2) is 24.3 Å². The van der Waals surface area contributed by atoms with Gasteiger partial charge in [-0.05, 0) is 111 Å². The lowest BCUT2D eigenvalue weighted by Gasteiger charge is -2.60. The molecular weight excluding hydrogens is 352 g/mol. The summed E-state index contributed by atoms with van der Waals surface area (Å²) in [7, 11) is 0. The highest BCUT2D eigenvalue weighted by Gasteiger charge is 2.59. The molecule has 3 unspecified atom stereocenters. The number of aryl methyl sites for hydroxylation is 1. The van der Waals surface area contributed by atoms with E-state index in [9.17, 15) is 5.11 Å². The SMILES string of the molecule is Cc1ccc(C#CC2CC[C@H]3[C@@H]4CCC5CC(O)CC[C@]5(C)[C@@H]4CC[C@]23C)cc1. The molecular formula is C28H38O. The Morgan fingerprint density at radius 2 is 1.59 bits per heavy atom. The van der Waals surface area contributed by atoms with E-state index < -0.39 is 0 Å². The van der Waals surface area contributed by atoms with Crippen LogP contribution in [0.25, 0.3) is 0 Å². The van der Waals surface area contributed by atoms with Gasteiger partial charge in [-0.15, -0.1) is 0 Å². The van der Waals surface area contributed by atoms with Gasteiger partial charge < -0.3 is 5.11 Å². The molecule has 4 aliphatic rings. The van der Waals surface area contributed by atoms with E-state index in [0.29, 0.717) is 16.7 Å². The fourth-order valence-electron chi connectivity index (χ4n) is 8.28. The summed E-state index contributed by atoms with van der Waals surface area (Å²) in [6.45, 7) is 7.31. The summed E-state index contributed by atoms with van der Waals surface area (Å²) in [5.41, 5.74) is 3.37. The van der Waals surface area contributed by atoms with Crippen molar-refractivity contribution >= 4 is 0 Å². The average Bonchev–Trinajstić information content (AvgIpc) is 3.04. The Kier molecular flexibility index (Phi) is 4.86. The zero-order valence-corrected chi connectivity index (χ0v) is 18.6. The van der Waals surface area contributed by atoms with Crippen molar-refractivity contribution in [1.82, 2.24) is 0 Å². The molecule has 1 N–H and O–H groups in total. The van der Waals surface area contributed by atoms with Gasteiger partial charge in [0.25, 0.3) is 0 Å². The number of aliphatic hydroxyl groups excluding tert-OH is 1. The van der Waals surface area contributed by atoms with Crippen LogP contribution in [0.2, 0.25) is 0 Å². The van der Waals surface area contributed by atoms with Gasteiger partial charge in [-0.1, -0.05) is 43.4 Å². The molecule has 0 aromatic heterocycles. The van der Waals surface area contributed by atoms with Crippen LogP contribution in [-0.4, -0.2) is 11.2 Å². The molecule has 1 nitrogen and oxygen atoms in total. The molecule has 0 spiro atoms. The minimum atomic E-state index is -0.0357. The Hall–Kier alpha value is -1.26. The van der Waals surface area contributed by atoms with Gasteiger partial charge in [-0.2, -0.15) is 0 Å². The molecule has 0 radical (unpaired) electrons. The Bertz CT molecular complexity index is 813. The van der Waals surface area contributed by atoms with Crippen molar-refractivity contribution in [2.45, 2.75) is 84.7 Å². The fraction of sp³-hybridized carbons (Fsp3) is 0.714. The number of aliphatic hydroxyl groups is 1. The van der Waals surface area contributed by atoms with Gasteiger partial charge >= 0.3 is 0 Å². The normalized spacial score (nSPS) is 46.1. The zero-order chi connectivity index (χ0) is 20.2. The Labute approximate surface area is 177 Å². The first-order valence-corrected chi connectivity index (χ1v) is 12.2. The summed E-state index contributed by atoms with van der Waals surface area (Å²) < 4.78 is 0. The lowest BCUT2D eigenvalue weighted by molar-refractivity contribution is -0.124. The van der Waals surface area contributed by atoms with Gasteiger partial charge in [0, 0.05) is 11.5 Å². The van der Waals surface area contributed by atoms with E-state index in [0.717, 1.165) is 36.5 Å². The van der Waals surface area contributed by atoms with E-state index in [2.05, 4.69) is 56.9 Å². The summed E-state index contributed by atoms with van der Waals surface area (Å²) in [6.07, 6.45) is 11.5. The van der Waals surface area contributed by atoms with Crippen LogP contribution in [0.5, 0.6) is 0 Å². The third kappa shape index (κ3) is 3.18. The molecule has 0 saturated heterocycles. The predicted octanol–water partition coefficient (Wildman–Crippen LogP) is 6.37. The average molecular weight is 391 g/mol. The van der Waals surface area contributed by atoms with E-state index in [1.54, 1.807) is 0 Å².